The van der Waals surface area contributed by atoms with Crippen molar-refractivity contribution in [1.82, 2.24) is 5.32 Å². The molecule has 66 heavy (non-hydrogen) atoms. The van der Waals surface area contributed by atoms with Crippen LogP contribution in [0.1, 0.15) is 226 Å². The molecule has 7 atom stereocenters. The van der Waals surface area contributed by atoms with Crippen molar-refractivity contribution in [2.75, 3.05) is 13.2 Å². The Morgan fingerprint density at radius 2 is 0.955 bits per heavy atom. The van der Waals surface area contributed by atoms with Gasteiger partial charge in [-0.3, -0.25) is 4.79 Å². The predicted octanol–water partition coefficient (Wildman–Crippen LogP) is 12.9. The average Bonchev–Trinajstić information content (AvgIpc) is 3.32. The van der Waals surface area contributed by atoms with Gasteiger partial charge in [-0.05, 0) is 77.0 Å². The van der Waals surface area contributed by atoms with Gasteiger partial charge >= 0.3 is 0 Å². The molecule has 0 bridgehead atoms. The van der Waals surface area contributed by atoms with Gasteiger partial charge in [-0.25, -0.2) is 0 Å². The summed E-state index contributed by atoms with van der Waals surface area (Å²) in [5.41, 5.74) is 0. The molecule has 1 aliphatic heterocycles. The van der Waals surface area contributed by atoms with Crippen LogP contribution >= 0.6 is 0 Å². The fourth-order valence-electron chi connectivity index (χ4n) is 8.20. The van der Waals surface area contributed by atoms with Gasteiger partial charge in [0.25, 0.3) is 0 Å². The first-order chi connectivity index (χ1) is 32.3. The molecule has 6 N–H and O–H groups in total. The van der Waals surface area contributed by atoms with E-state index in [2.05, 4.69) is 79.9 Å². The Bertz CT molecular complexity index is 1260. The number of amides is 1. The van der Waals surface area contributed by atoms with Crippen molar-refractivity contribution >= 4 is 5.91 Å². The molecule has 0 aromatic carbocycles. The molecule has 1 saturated heterocycles. The number of aliphatic hydroxyl groups excluding tert-OH is 5. The summed E-state index contributed by atoms with van der Waals surface area (Å²) in [6.07, 6.45) is 56.9. The first-order valence-electron chi connectivity index (χ1n) is 27.2. The number of nitrogens with one attached hydrogen (secondary N) is 1. The second-order valence-corrected chi connectivity index (χ2v) is 18.6. The Hall–Kier alpha value is -2.37. The first kappa shape index (κ1) is 61.6. The lowest BCUT2D eigenvalue weighted by molar-refractivity contribution is -0.302. The third kappa shape index (κ3) is 35.7. The van der Waals surface area contributed by atoms with Crippen molar-refractivity contribution in [1.29, 1.82) is 0 Å². The maximum absolute atomic E-state index is 13.0. The molecule has 9 heteroatoms. The number of rotatable bonds is 45. The molecular weight excluding hydrogens is 827 g/mol. The third-order valence-corrected chi connectivity index (χ3v) is 12.5. The Kier molecular flexibility index (Phi) is 43.3. The molecule has 382 valence electrons. The van der Waals surface area contributed by atoms with Crippen molar-refractivity contribution in [3.8, 4) is 0 Å². The number of carbonyl (C=O) groups is 1. The topological polar surface area (TPSA) is 149 Å². The maximum Gasteiger partial charge on any atom is 0.220 e. The summed E-state index contributed by atoms with van der Waals surface area (Å²) in [5, 5.41) is 54.3. The van der Waals surface area contributed by atoms with E-state index in [1.165, 1.54) is 122 Å². The van der Waals surface area contributed by atoms with E-state index in [4.69, 9.17) is 9.47 Å². The second-order valence-electron chi connectivity index (χ2n) is 18.6. The summed E-state index contributed by atoms with van der Waals surface area (Å²) in [4.78, 5) is 13.0. The molecule has 0 saturated carbocycles. The van der Waals surface area contributed by atoms with E-state index in [0.717, 1.165) is 83.5 Å². The van der Waals surface area contributed by atoms with E-state index in [9.17, 15) is 30.3 Å². The summed E-state index contributed by atoms with van der Waals surface area (Å²) in [6.45, 7) is 3.63. The molecular formula is C57H101NO8. The Balaban J connectivity index is 2.28. The minimum atomic E-state index is -1.58. The van der Waals surface area contributed by atoms with E-state index < -0.39 is 49.5 Å². The van der Waals surface area contributed by atoms with E-state index in [-0.39, 0.29) is 12.5 Å². The highest BCUT2D eigenvalue weighted by Gasteiger charge is 2.44. The van der Waals surface area contributed by atoms with Crippen LogP contribution < -0.4 is 5.32 Å². The number of hydrogen-bond acceptors (Lipinski definition) is 8. The van der Waals surface area contributed by atoms with E-state index in [0.29, 0.717) is 6.42 Å². The van der Waals surface area contributed by atoms with Crippen LogP contribution in [0.3, 0.4) is 0 Å². The summed E-state index contributed by atoms with van der Waals surface area (Å²) in [6, 6.07) is -0.841. The number of ether oxygens (including phenoxy) is 2. The van der Waals surface area contributed by atoms with Gasteiger partial charge in [0.2, 0.25) is 5.91 Å². The average molecular weight is 928 g/mol. The van der Waals surface area contributed by atoms with Crippen molar-refractivity contribution < 1.29 is 39.8 Å². The normalized spacial score (nSPS) is 20.4. The lowest BCUT2D eigenvalue weighted by Gasteiger charge is -2.40. The Morgan fingerprint density at radius 1 is 0.530 bits per heavy atom. The van der Waals surface area contributed by atoms with Gasteiger partial charge < -0.3 is 40.3 Å². The van der Waals surface area contributed by atoms with E-state index >= 15 is 0 Å². The predicted molar refractivity (Wildman–Crippen MR) is 276 cm³/mol. The highest BCUT2D eigenvalue weighted by Crippen LogP contribution is 2.23. The lowest BCUT2D eigenvalue weighted by Crippen LogP contribution is -2.60. The minimum absolute atomic E-state index is 0.210. The van der Waals surface area contributed by atoms with Crippen molar-refractivity contribution in [3.05, 3.63) is 72.9 Å². The van der Waals surface area contributed by atoms with Gasteiger partial charge in [0.1, 0.15) is 24.4 Å². The number of aliphatic hydroxyl groups is 5. The van der Waals surface area contributed by atoms with Crippen molar-refractivity contribution in [2.24, 2.45) is 0 Å². The number of hydrogen-bond donors (Lipinski definition) is 6. The van der Waals surface area contributed by atoms with Gasteiger partial charge in [-0.15, -0.1) is 0 Å². The largest absolute Gasteiger partial charge is 0.394 e. The maximum atomic E-state index is 13.0. The third-order valence-electron chi connectivity index (χ3n) is 12.5. The molecule has 0 aromatic heterocycles. The van der Waals surface area contributed by atoms with Gasteiger partial charge in [-0.2, -0.15) is 0 Å². The number of carbonyl (C=O) groups excluding carboxylic acids is 1. The zero-order chi connectivity index (χ0) is 48.0. The van der Waals surface area contributed by atoms with E-state index in [1.807, 2.05) is 6.08 Å². The molecule has 1 heterocycles. The fourth-order valence-corrected chi connectivity index (χ4v) is 8.20. The Morgan fingerprint density at radius 3 is 1.45 bits per heavy atom. The van der Waals surface area contributed by atoms with Crippen LogP contribution in [0.15, 0.2) is 72.9 Å². The van der Waals surface area contributed by atoms with Crippen LogP contribution in [0.5, 0.6) is 0 Å². The summed E-state index contributed by atoms with van der Waals surface area (Å²) in [7, 11) is 0. The van der Waals surface area contributed by atoms with Gasteiger partial charge in [0.15, 0.2) is 6.29 Å². The molecule has 9 nitrogen and oxygen atoms in total. The van der Waals surface area contributed by atoms with Crippen LogP contribution in [0.4, 0.5) is 0 Å². The van der Waals surface area contributed by atoms with Gasteiger partial charge in [0.05, 0.1) is 25.4 Å². The van der Waals surface area contributed by atoms with Crippen LogP contribution in [0.2, 0.25) is 0 Å². The molecule has 0 aromatic rings. The number of unbranched alkanes of at least 4 members (excludes halogenated alkanes) is 25. The van der Waals surface area contributed by atoms with Crippen molar-refractivity contribution in [2.45, 2.75) is 269 Å². The molecule has 1 aliphatic rings. The van der Waals surface area contributed by atoms with Crippen LogP contribution in [0.25, 0.3) is 0 Å². The van der Waals surface area contributed by atoms with E-state index in [1.54, 1.807) is 6.08 Å². The molecule has 0 spiro atoms. The molecule has 7 unspecified atom stereocenters. The zero-order valence-corrected chi connectivity index (χ0v) is 42.2. The minimum Gasteiger partial charge on any atom is -0.394 e. The monoisotopic (exact) mass is 928 g/mol. The SMILES string of the molecule is CC/C=C\C/C=C\C/C=C\CCCCCCCC(=O)NC(COC1OC(CO)C(O)C(O)C1O)C(O)/C=C/CC/C=C/CC/C=C/CCCCCCCCCCCCCCCCCCCC. The molecule has 1 amide bonds. The van der Waals surface area contributed by atoms with Crippen LogP contribution in [-0.2, 0) is 14.3 Å². The van der Waals surface area contributed by atoms with Gasteiger partial charge in [-0.1, -0.05) is 215 Å². The van der Waals surface area contributed by atoms with Gasteiger partial charge in [0, 0.05) is 6.42 Å². The summed E-state index contributed by atoms with van der Waals surface area (Å²) < 4.78 is 11.2. The highest BCUT2D eigenvalue weighted by atomic mass is 16.7. The van der Waals surface area contributed by atoms with Crippen LogP contribution in [0, 0.1) is 0 Å². The summed E-state index contributed by atoms with van der Waals surface area (Å²) >= 11 is 0. The molecule has 1 fully saturated rings. The molecule has 1 rings (SSSR count). The van der Waals surface area contributed by atoms with Crippen molar-refractivity contribution in [3.63, 3.8) is 0 Å². The smallest absolute Gasteiger partial charge is 0.220 e. The Labute approximate surface area is 404 Å². The quantitative estimate of drug-likeness (QED) is 0.0261. The second kappa shape index (κ2) is 46.4. The number of allylic oxidation sites excluding steroid dienone is 11. The zero-order valence-electron chi connectivity index (χ0n) is 42.2. The lowest BCUT2D eigenvalue weighted by atomic mass is 9.99. The molecule has 0 radical (unpaired) electrons. The molecule has 0 aliphatic carbocycles. The highest BCUT2D eigenvalue weighted by molar-refractivity contribution is 5.76. The fraction of sp³-hybridized carbons (Fsp3) is 0.772. The standard InChI is InChI=1S/C57H101NO8/c1-3-5-7-9-11-13-15-17-19-20-21-22-23-24-25-26-27-28-29-30-31-33-34-36-38-40-42-44-46-51(60)50(49-65-57-56(64)55(63)54(62)52(48-59)66-57)58-53(61)47-45-43-41-39-37-35-32-18-16-14-12-10-8-6-4-2/h6,8,12,14,18,30-32,36,38,44,46,50-52,54-57,59-60,62-64H,3-5,7,9-11,13,15-17,19-29,33-35,37,39-43,45,47-49H2,1-2H3,(H,58,61)/b8-6-,14-12-,31-30+,32-18-,38-36+,46-44+. The van der Waals surface area contributed by atoms with Crippen LogP contribution in [-0.4, -0.2) is 87.5 Å². The first-order valence-corrected chi connectivity index (χ1v) is 27.2. The summed E-state index contributed by atoms with van der Waals surface area (Å²) in [5.74, 6) is -0.210.